The molecule has 1 aromatic heterocycles. The molecule has 0 fully saturated rings. The van der Waals surface area contributed by atoms with E-state index in [-0.39, 0.29) is 22.9 Å². The average molecular weight is 480 g/mol. The van der Waals surface area contributed by atoms with Crippen LogP contribution in [0.5, 0.6) is 0 Å². The van der Waals surface area contributed by atoms with Crippen molar-refractivity contribution in [2.45, 2.75) is 17.9 Å². The number of hydrogen-bond acceptors (Lipinski definition) is 5. The van der Waals surface area contributed by atoms with Gasteiger partial charge in [-0.15, -0.1) is 0 Å². The second-order valence-corrected chi connectivity index (χ2v) is 9.32. The number of benzene rings is 3. The Labute approximate surface area is 195 Å². The van der Waals surface area contributed by atoms with Crippen LogP contribution in [0.2, 0.25) is 5.02 Å². The van der Waals surface area contributed by atoms with Crippen molar-refractivity contribution in [3.05, 3.63) is 88.6 Å². The van der Waals surface area contributed by atoms with E-state index in [1.165, 1.54) is 12.3 Å². The zero-order valence-electron chi connectivity index (χ0n) is 17.2. The van der Waals surface area contributed by atoms with Crippen molar-refractivity contribution in [1.29, 1.82) is 5.26 Å². The van der Waals surface area contributed by atoms with Gasteiger partial charge in [-0.1, -0.05) is 41.9 Å². The molecule has 0 bridgehead atoms. The lowest BCUT2D eigenvalue weighted by molar-refractivity contribution is -0.115. The summed E-state index contributed by atoms with van der Waals surface area (Å²) in [4.78, 5) is 12.5. The molecule has 1 amide bonds. The van der Waals surface area contributed by atoms with E-state index >= 15 is 0 Å². The summed E-state index contributed by atoms with van der Waals surface area (Å²) in [6, 6.07) is 19.0. The van der Waals surface area contributed by atoms with Gasteiger partial charge in [0.25, 0.3) is 0 Å². The van der Waals surface area contributed by atoms with Crippen molar-refractivity contribution >= 4 is 44.1 Å². The molecule has 0 unspecified atom stereocenters. The minimum atomic E-state index is -4.08. The van der Waals surface area contributed by atoms with Crippen LogP contribution >= 0.6 is 11.6 Å². The molecule has 0 aliphatic rings. The van der Waals surface area contributed by atoms with Gasteiger partial charge in [-0.2, -0.15) is 10.4 Å². The number of hydrogen-bond donors (Lipinski definition) is 2. The van der Waals surface area contributed by atoms with Crippen LogP contribution in [0.3, 0.4) is 0 Å². The molecule has 1 heterocycles. The maximum atomic E-state index is 12.6. The molecule has 0 atom stereocenters. The predicted octanol–water partition coefficient (Wildman–Crippen LogP) is 3.44. The molecule has 8 nitrogen and oxygen atoms in total. The van der Waals surface area contributed by atoms with E-state index in [0.717, 1.165) is 5.56 Å². The SMILES string of the molecule is N#Cc1ccc(Cn2ncc3c(S(N)(=O)=O)cc(NC(=O)Cc4ccccc4Cl)cc32)cc1. The Morgan fingerprint density at radius 2 is 1.88 bits per heavy atom. The fourth-order valence-electron chi connectivity index (χ4n) is 3.46. The van der Waals surface area contributed by atoms with Gasteiger partial charge >= 0.3 is 0 Å². The van der Waals surface area contributed by atoms with Crippen LogP contribution in [-0.2, 0) is 27.8 Å². The number of nitrogens with two attached hydrogens (primary N) is 1. The second kappa shape index (κ2) is 9.03. The van der Waals surface area contributed by atoms with Crippen LogP contribution in [0.15, 0.2) is 71.8 Å². The number of nitrogens with zero attached hydrogens (tertiary/aromatic N) is 3. The van der Waals surface area contributed by atoms with Gasteiger partial charge in [-0.05, 0) is 41.5 Å². The molecule has 0 saturated heterocycles. The summed E-state index contributed by atoms with van der Waals surface area (Å²) in [6.07, 6.45) is 1.45. The molecule has 0 saturated carbocycles. The molecule has 33 heavy (non-hydrogen) atoms. The topological polar surface area (TPSA) is 131 Å². The zero-order chi connectivity index (χ0) is 23.6. The van der Waals surface area contributed by atoms with Crippen molar-refractivity contribution in [2.75, 3.05) is 5.32 Å². The summed E-state index contributed by atoms with van der Waals surface area (Å²) in [5.74, 6) is -0.360. The molecule has 10 heteroatoms. The van der Waals surface area contributed by atoms with E-state index in [0.29, 0.717) is 33.6 Å². The third-order valence-corrected chi connectivity index (χ3v) is 6.36. The molecule has 4 aromatic rings. The first-order valence-electron chi connectivity index (χ1n) is 9.79. The summed E-state index contributed by atoms with van der Waals surface area (Å²) in [5.41, 5.74) is 2.80. The molecule has 0 radical (unpaired) electrons. The van der Waals surface area contributed by atoms with E-state index in [1.807, 2.05) is 0 Å². The highest BCUT2D eigenvalue weighted by molar-refractivity contribution is 7.89. The van der Waals surface area contributed by atoms with Crippen LogP contribution in [0.1, 0.15) is 16.7 Å². The summed E-state index contributed by atoms with van der Waals surface area (Å²) in [6.45, 7) is 0.330. The van der Waals surface area contributed by atoms with Crippen molar-refractivity contribution in [3.63, 3.8) is 0 Å². The van der Waals surface area contributed by atoms with E-state index in [9.17, 15) is 13.2 Å². The monoisotopic (exact) mass is 479 g/mol. The van der Waals surface area contributed by atoms with Gasteiger partial charge in [0, 0.05) is 16.1 Å². The first kappa shape index (κ1) is 22.5. The summed E-state index contributed by atoms with van der Waals surface area (Å²) >= 11 is 6.13. The quantitative estimate of drug-likeness (QED) is 0.437. The highest BCUT2D eigenvalue weighted by atomic mass is 35.5. The third-order valence-electron chi connectivity index (χ3n) is 5.04. The van der Waals surface area contributed by atoms with Gasteiger partial charge in [0.1, 0.15) is 0 Å². The van der Waals surface area contributed by atoms with Gasteiger partial charge in [0.05, 0.1) is 41.2 Å². The Kier molecular flexibility index (Phi) is 6.16. The fourth-order valence-corrected chi connectivity index (χ4v) is 4.41. The number of amides is 1. The van der Waals surface area contributed by atoms with Gasteiger partial charge in [-0.25, -0.2) is 13.6 Å². The van der Waals surface area contributed by atoms with Crippen molar-refractivity contribution < 1.29 is 13.2 Å². The number of aromatic nitrogens is 2. The number of anilines is 1. The molecular formula is C23H18ClN5O3S. The van der Waals surface area contributed by atoms with Crippen LogP contribution in [0, 0.1) is 11.3 Å². The number of nitriles is 1. The number of halogens is 1. The molecule has 3 N–H and O–H groups in total. The molecule has 4 rings (SSSR count). The Morgan fingerprint density at radius 3 is 2.55 bits per heavy atom. The lowest BCUT2D eigenvalue weighted by Crippen LogP contribution is -2.17. The van der Waals surface area contributed by atoms with E-state index in [1.54, 1.807) is 59.3 Å². The summed E-state index contributed by atoms with van der Waals surface area (Å²) in [5, 5.41) is 22.2. The Balaban J connectivity index is 1.69. The Bertz CT molecular complexity index is 1510. The third kappa shape index (κ3) is 5.04. The maximum Gasteiger partial charge on any atom is 0.238 e. The lowest BCUT2D eigenvalue weighted by atomic mass is 10.1. The molecule has 3 aromatic carbocycles. The lowest BCUT2D eigenvalue weighted by Gasteiger charge is -2.11. The smallest absolute Gasteiger partial charge is 0.238 e. The largest absolute Gasteiger partial charge is 0.326 e. The Hall–Kier alpha value is -3.71. The van der Waals surface area contributed by atoms with Crippen LogP contribution in [-0.4, -0.2) is 24.1 Å². The minimum Gasteiger partial charge on any atom is -0.326 e. The molecule has 166 valence electrons. The Morgan fingerprint density at radius 1 is 1.15 bits per heavy atom. The van der Waals surface area contributed by atoms with Crippen LogP contribution in [0.4, 0.5) is 5.69 Å². The normalized spacial score (nSPS) is 11.3. The first-order chi connectivity index (χ1) is 15.7. The predicted molar refractivity (Wildman–Crippen MR) is 125 cm³/mol. The van der Waals surface area contributed by atoms with Crippen molar-refractivity contribution in [2.24, 2.45) is 5.14 Å². The fraction of sp³-hybridized carbons (Fsp3) is 0.0870. The van der Waals surface area contributed by atoms with Crippen LogP contribution in [0.25, 0.3) is 10.9 Å². The highest BCUT2D eigenvalue weighted by Crippen LogP contribution is 2.28. The molecule has 0 aliphatic heterocycles. The van der Waals surface area contributed by atoms with E-state index < -0.39 is 10.0 Å². The number of primary sulfonamides is 1. The summed E-state index contributed by atoms with van der Waals surface area (Å²) in [7, 11) is -4.08. The molecule has 0 spiro atoms. The van der Waals surface area contributed by atoms with Gasteiger partial charge in [0.2, 0.25) is 15.9 Å². The van der Waals surface area contributed by atoms with Crippen molar-refractivity contribution in [1.82, 2.24) is 9.78 Å². The minimum absolute atomic E-state index is 0.0208. The first-order valence-corrected chi connectivity index (χ1v) is 11.7. The second-order valence-electron chi connectivity index (χ2n) is 7.38. The number of rotatable bonds is 6. The molecule has 0 aliphatic carbocycles. The average Bonchev–Trinajstić information content (AvgIpc) is 3.17. The summed E-state index contributed by atoms with van der Waals surface area (Å²) < 4.78 is 26.1. The maximum absolute atomic E-state index is 12.6. The molecular weight excluding hydrogens is 462 g/mol. The highest BCUT2D eigenvalue weighted by Gasteiger charge is 2.19. The number of carbonyl (C=O) groups is 1. The van der Waals surface area contributed by atoms with Crippen molar-refractivity contribution in [3.8, 4) is 6.07 Å². The standard InChI is InChI=1S/C23H18ClN5O3S/c24-20-4-2-1-3-17(20)9-23(30)28-18-10-21-19(22(11-18)33(26,31)32)13-27-29(21)14-16-7-5-15(12-25)6-8-16/h1-8,10-11,13H,9,14H2,(H,28,30)(H2,26,31,32). The van der Waals surface area contributed by atoms with E-state index in [4.69, 9.17) is 22.0 Å². The van der Waals surface area contributed by atoms with Gasteiger partial charge in [-0.3, -0.25) is 9.48 Å². The van der Waals surface area contributed by atoms with E-state index in [2.05, 4.69) is 16.5 Å². The number of carbonyl (C=O) groups excluding carboxylic acids is 1. The van der Waals surface area contributed by atoms with Gasteiger partial charge in [0.15, 0.2) is 0 Å². The number of sulfonamides is 1. The van der Waals surface area contributed by atoms with Crippen LogP contribution < -0.4 is 10.5 Å². The number of nitrogens with one attached hydrogen (secondary N) is 1. The zero-order valence-corrected chi connectivity index (χ0v) is 18.8. The van der Waals surface area contributed by atoms with Gasteiger partial charge < -0.3 is 5.32 Å². The number of fused-ring (bicyclic) bond motifs is 1.